The van der Waals surface area contributed by atoms with Gasteiger partial charge in [0.25, 0.3) is 5.56 Å². The molecule has 6 nitrogen and oxygen atoms in total. The molecule has 2 aliphatic rings. The smallest absolute Gasteiger partial charge is 0.330 e. The minimum absolute atomic E-state index is 0.137. The first-order valence-electron chi connectivity index (χ1n) is 8.66. The van der Waals surface area contributed by atoms with Crippen molar-refractivity contribution >= 4 is 5.82 Å². The van der Waals surface area contributed by atoms with Crippen LogP contribution in [-0.2, 0) is 11.2 Å². The number of fused-ring (bicyclic) bond motifs is 1. The van der Waals surface area contributed by atoms with Gasteiger partial charge in [0.05, 0.1) is 11.6 Å². The monoisotopic (exact) mass is 363 g/mol. The van der Waals surface area contributed by atoms with E-state index in [4.69, 9.17) is 4.74 Å². The van der Waals surface area contributed by atoms with Gasteiger partial charge in [-0.1, -0.05) is 12.1 Å². The Bertz CT molecular complexity index is 934. The molecule has 4 rings (SSSR count). The van der Waals surface area contributed by atoms with E-state index in [9.17, 15) is 18.4 Å². The zero-order chi connectivity index (χ0) is 18.3. The summed E-state index contributed by atoms with van der Waals surface area (Å²) in [7, 11) is 0. The van der Waals surface area contributed by atoms with Gasteiger partial charge in [-0.3, -0.25) is 14.3 Å². The Labute approximate surface area is 147 Å². The molecule has 0 amide bonds. The summed E-state index contributed by atoms with van der Waals surface area (Å²) in [5, 5.41) is 2.87. The zero-order valence-corrected chi connectivity index (χ0v) is 14.0. The molecule has 8 heteroatoms. The minimum Gasteiger partial charge on any atom is -0.381 e. The molecule has 0 spiro atoms. The molecule has 0 saturated carbocycles. The highest BCUT2D eigenvalue weighted by molar-refractivity contribution is 5.49. The van der Waals surface area contributed by atoms with E-state index in [1.165, 1.54) is 22.8 Å². The summed E-state index contributed by atoms with van der Waals surface area (Å²) in [4.78, 5) is 27.9. The van der Waals surface area contributed by atoms with E-state index in [-0.39, 0.29) is 23.8 Å². The fourth-order valence-corrected chi connectivity index (χ4v) is 3.73. The van der Waals surface area contributed by atoms with Crippen LogP contribution >= 0.6 is 0 Å². The standard InChI is InChI=1S/C18H19F2N3O3/c19-11-3-1-2-10(8-11)15-14(20)9-13-16(21-15)22-18(25)23(17(13)24)12-4-6-26-7-5-12/h1-3,8,12,14-15,21H,4-7,9H2,(H,22,25). The molecule has 1 saturated heterocycles. The van der Waals surface area contributed by atoms with Crippen molar-refractivity contribution in [2.45, 2.75) is 37.5 Å². The molecule has 26 heavy (non-hydrogen) atoms. The number of aromatic amines is 1. The van der Waals surface area contributed by atoms with E-state index >= 15 is 0 Å². The van der Waals surface area contributed by atoms with Crippen LogP contribution in [0, 0.1) is 5.82 Å². The summed E-state index contributed by atoms with van der Waals surface area (Å²) in [6, 6.07) is 4.56. The van der Waals surface area contributed by atoms with Crippen molar-refractivity contribution in [3.05, 3.63) is 62.0 Å². The van der Waals surface area contributed by atoms with Gasteiger partial charge in [0, 0.05) is 25.7 Å². The molecule has 2 unspecified atom stereocenters. The number of hydrogen-bond acceptors (Lipinski definition) is 4. The molecule has 0 aliphatic carbocycles. The van der Waals surface area contributed by atoms with Crippen molar-refractivity contribution in [2.24, 2.45) is 0 Å². The Balaban J connectivity index is 1.72. The highest BCUT2D eigenvalue weighted by Gasteiger charge is 2.33. The number of H-pyrrole nitrogens is 1. The second kappa shape index (κ2) is 6.68. The Morgan fingerprint density at radius 2 is 1.96 bits per heavy atom. The van der Waals surface area contributed by atoms with E-state index in [1.54, 1.807) is 6.07 Å². The Kier molecular flexibility index (Phi) is 4.36. The quantitative estimate of drug-likeness (QED) is 0.857. The number of rotatable bonds is 2. The fraction of sp³-hybridized carbons (Fsp3) is 0.444. The summed E-state index contributed by atoms with van der Waals surface area (Å²) in [6.07, 6.45) is -0.408. The maximum absolute atomic E-state index is 14.8. The van der Waals surface area contributed by atoms with Crippen LogP contribution in [0.4, 0.5) is 14.6 Å². The number of halogens is 2. The van der Waals surface area contributed by atoms with Crippen LogP contribution in [0.3, 0.4) is 0 Å². The highest BCUT2D eigenvalue weighted by Crippen LogP contribution is 2.32. The van der Waals surface area contributed by atoms with Crippen LogP contribution in [0.2, 0.25) is 0 Å². The van der Waals surface area contributed by atoms with Crippen molar-refractivity contribution in [3.63, 3.8) is 0 Å². The van der Waals surface area contributed by atoms with Crippen LogP contribution in [0.25, 0.3) is 0 Å². The third-order valence-electron chi connectivity index (χ3n) is 5.05. The molecular weight excluding hydrogens is 344 g/mol. The lowest BCUT2D eigenvalue weighted by Gasteiger charge is -2.31. The Hall–Kier alpha value is -2.48. The van der Waals surface area contributed by atoms with E-state index in [0.717, 1.165) is 0 Å². The lowest BCUT2D eigenvalue weighted by atomic mass is 9.94. The van der Waals surface area contributed by atoms with Gasteiger partial charge < -0.3 is 10.1 Å². The van der Waals surface area contributed by atoms with Crippen LogP contribution in [0.1, 0.15) is 36.1 Å². The first-order valence-corrected chi connectivity index (χ1v) is 8.66. The number of nitrogens with one attached hydrogen (secondary N) is 2. The van der Waals surface area contributed by atoms with Gasteiger partial charge in [0.15, 0.2) is 0 Å². The molecule has 1 aromatic carbocycles. The molecule has 1 fully saturated rings. The first kappa shape index (κ1) is 17.0. The second-order valence-electron chi connectivity index (χ2n) is 6.70. The van der Waals surface area contributed by atoms with Gasteiger partial charge in [-0.15, -0.1) is 0 Å². The predicted octanol–water partition coefficient (Wildman–Crippen LogP) is 2.07. The van der Waals surface area contributed by atoms with Gasteiger partial charge in [0.1, 0.15) is 17.8 Å². The van der Waals surface area contributed by atoms with Crippen molar-refractivity contribution in [2.75, 3.05) is 18.5 Å². The zero-order valence-electron chi connectivity index (χ0n) is 14.0. The van der Waals surface area contributed by atoms with Gasteiger partial charge in [-0.2, -0.15) is 0 Å². The summed E-state index contributed by atoms with van der Waals surface area (Å²) in [6.45, 7) is 0.971. The number of nitrogens with zero attached hydrogens (tertiary/aromatic N) is 1. The van der Waals surface area contributed by atoms with Crippen molar-refractivity contribution in [1.29, 1.82) is 0 Å². The van der Waals surface area contributed by atoms with Gasteiger partial charge >= 0.3 is 5.69 Å². The molecule has 1 aromatic heterocycles. The SMILES string of the molecule is O=c1[nH]c2c(c(=O)n1C1CCOCC1)CC(F)C(c1cccc(F)c1)N2. The normalized spacial score (nSPS) is 23.3. The minimum atomic E-state index is -1.41. The lowest BCUT2D eigenvalue weighted by Crippen LogP contribution is -2.45. The largest absolute Gasteiger partial charge is 0.381 e. The van der Waals surface area contributed by atoms with Crippen molar-refractivity contribution in [1.82, 2.24) is 9.55 Å². The number of benzene rings is 1. The summed E-state index contributed by atoms with van der Waals surface area (Å²) >= 11 is 0. The topological polar surface area (TPSA) is 76.1 Å². The summed E-state index contributed by atoms with van der Waals surface area (Å²) < 4.78 is 34.7. The molecule has 0 radical (unpaired) electrons. The maximum atomic E-state index is 14.8. The van der Waals surface area contributed by atoms with Crippen molar-refractivity contribution < 1.29 is 13.5 Å². The third kappa shape index (κ3) is 2.94. The van der Waals surface area contributed by atoms with Crippen LogP contribution < -0.4 is 16.6 Å². The maximum Gasteiger partial charge on any atom is 0.330 e. The average Bonchev–Trinajstić information content (AvgIpc) is 2.63. The van der Waals surface area contributed by atoms with Crippen LogP contribution in [-0.4, -0.2) is 28.9 Å². The molecule has 3 heterocycles. The third-order valence-corrected chi connectivity index (χ3v) is 5.05. The predicted molar refractivity (Wildman–Crippen MR) is 91.8 cm³/mol. The number of aromatic nitrogens is 2. The molecular formula is C18H19F2N3O3. The highest BCUT2D eigenvalue weighted by atomic mass is 19.1. The number of ether oxygens (including phenoxy) is 1. The van der Waals surface area contributed by atoms with Crippen LogP contribution in [0.5, 0.6) is 0 Å². The Morgan fingerprint density at radius 1 is 1.19 bits per heavy atom. The lowest BCUT2D eigenvalue weighted by molar-refractivity contribution is 0.0673. The molecule has 0 bridgehead atoms. The van der Waals surface area contributed by atoms with E-state index in [2.05, 4.69) is 10.3 Å². The van der Waals surface area contributed by atoms with Gasteiger partial charge in [-0.05, 0) is 30.5 Å². The molecule has 138 valence electrons. The molecule has 2 aromatic rings. The molecule has 2 N–H and O–H groups in total. The number of alkyl halides is 1. The molecule has 2 aliphatic heterocycles. The second-order valence-corrected chi connectivity index (χ2v) is 6.70. The Morgan fingerprint density at radius 3 is 2.69 bits per heavy atom. The van der Waals surface area contributed by atoms with E-state index in [1.807, 2.05) is 0 Å². The first-order chi connectivity index (χ1) is 12.5. The fourth-order valence-electron chi connectivity index (χ4n) is 3.73. The van der Waals surface area contributed by atoms with Gasteiger partial charge in [0.2, 0.25) is 0 Å². The van der Waals surface area contributed by atoms with E-state index < -0.39 is 29.3 Å². The van der Waals surface area contributed by atoms with Crippen molar-refractivity contribution in [3.8, 4) is 0 Å². The van der Waals surface area contributed by atoms with Gasteiger partial charge in [-0.25, -0.2) is 13.6 Å². The summed E-state index contributed by atoms with van der Waals surface area (Å²) in [5.74, 6) is -0.253. The van der Waals surface area contributed by atoms with Crippen LogP contribution in [0.15, 0.2) is 33.9 Å². The average molecular weight is 363 g/mol. The number of hydrogen-bond donors (Lipinski definition) is 2. The number of anilines is 1. The van der Waals surface area contributed by atoms with E-state index in [0.29, 0.717) is 31.6 Å². The summed E-state index contributed by atoms with van der Waals surface area (Å²) in [5.41, 5.74) is -0.346. The molecule has 2 atom stereocenters.